The molecule has 4 aromatic rings. The fraction of sp³-hybridized carbons (Fsp3) is 0.424. The Morgan fingerprint density at radius 1 is 1.07 bits per heavy atom. The van der Waals surface area contributed by atoms with Crippen molar-refractivity contribution in [1.29, 1.82) is 0 Å². The lowest BCUT2D eigenvalue weighted by atomic mass is 10.0. The number of carbonyl (C=O) groups excluding carboxylic acids is 2. The molecule has 0 fully saturated rings. The third kappa shape index (κ3) is 8.73. The number of rotatable bonds is 11. The summed E-state index contributed by atoms with van der Waals surface area (Å²) >= 11 is 1.24. The van der Waals surface area contributed by atoms with Gasteiger partial charge in [-0.1, -0.05) is 55.0 Å². The summed E-state index contributed by atoms with van der Waals surface area (Å²) in [5, 5.41) is 3.34. The van der Waals surface area contributed by atoms with Crippen molar-refractivity contribution in [3.05, 3.63) is 93.2 Å². The molecule has 9 nitrogen and oxygen atoms in total. The lowest BCUT2D eigenvalue weighted by Gasteiger charge is -2.27. The van der Waals surface area contributed by atoms with Crippen LogP contribution in [0.4, 0.5) is 4.79 Å². The van der Waals surface area contributed by atoms with Gasteiger partial charge in [-0.3, -0.25) is 14.2 Å². The lowest BCUT2D eigenvalue weighted by Crippen LogP contribution is -2.39. The first-order valence-corrected chi connectivity index (χ1v) is 15.4. The highest BCUT2D eigenvalue weighted by Gasteiger charge is 2.22. The Kier molecular flexibility index (Phi) is 10.3. The molecule has 0 bridgehead atoms. The van der Waals surface area contributed by atoms with Gasteiger partial charge in [-0.25, -0.2) is 9.78 Å². The molecule has 0 aliphatic rings. The molecule has 228 valence electrons. The van der Waals surface area contributed by atoms with E-state index in [1.54, 1.807) is 4.57 Å². The normalized spacial score (nSPS) is 12.2. The second-order valence-corrected chi connectivity index (χ2v) is 12.8. The number of hydrogen-bond donors (Lipinski definition) is 1. The number of nitrogens with one attached hydrogen (secondary N) is 1. The predicted molar refractivity (Wildman–Crippen MR) is 171 cm³/mol. The third-order valence-electron chi connectivity index (χ3n) is 6.95. The number of fused-ring (bicyclic) bond motifs is 1. The summed E-state index contributed by atoms with van der Waals surface area (Å²) in [7, 11) is 0. The van der Waals surface area contributed by atoms with Gasteiger partial charge in [0.2, 0.25) is 0 Å². The maximum absolute atomic E-state index is 13.7. The Morgan fingerprint density at radius 3 is 2.44 bits per heavy atom. The van der Waals surface area contributed by atoms with Gasteiger partial charge in [-0.2, -0.15) is 4.37 Å². The monoisotopic (exact) mass is 603 g/mol. The molecule has 2 aromatic carbocycles. The van der Waals surface area contributed by atoms with Gasteiger partial charge >= 0.3 is 6.09 Å². The first-order chi connectivity index (χ1) is 20.4. The van der Waals surface area contributed by atoms with Crippen molar-refractivity contribution < 1.29 is 14.3 Å². The summed E-state index contributed by atoms with van der Waals surface area (Å²) in [5.41, 5.74) is 2.71. The third-order valence-corrected chi connectivity index (χ3v) is 7.78. The highest BCUT2D eigenvalue weighted by atomic mass is 32.1. The van der Waals surface area contributed by atoms with Crippen molar-refractivity contribution in [3.8, 4) is 0 Å². The van der Waals surface area contributed by atoms with Gasteiger partial charge in [0.25, 0.3) is 11.5 Å². The molecule has 0 saturated carbocycles. The fourth-order valence-electron chi connectivity index (χ4n) is 4.88. The molecule has 4 rings (SSSR count). The molecule has 0 aliphatic heterocycles. The Balaban J connectivity index is 1.53. The molecular formula is C33H41N5O4S. The highest BCUT2D eigenvalue weighted by Crippen LogP contribution is 2.20. The number of hydrogen-bond acceptors (Lipinski definition) is 7. The molecule has 1 N–H and O–H groups in total. The van der Waals surface area contributed by atoms with Crippen LogP contribution in [0.2, 0.25) is 0 Å². The second kappa shape index (κ2) is 13.9. The molecular weight excluding hydrogens is 562 g/mol. The molecule has 0 aliphatic carbocycles. The maximum Gasteiger partial charge on any atom is 0.407 e. The quantitative estimate of drug-likeness (QED) is 0.219. The molecule has 2 heterocycles. The number of amides is 2. The summed E-state index contributed by atoms with van der Waals surface area (Å²) in [6, 6.07) is 17.4. The molecule has 2 aromatic heterocycles. The van der Waals surface area contributed by atoms with E-state index in [1.165, 1.54) is 11.5 Å². The van der Waals surface area contributed by atoms with Crippen LogP contribution in [0.25, 0.3) is 10.2 Å². The average molecular weight is 604 g/mol. The van der Waals surface area contributed by atoms with Crippen LogP contribution < -0.4 is 10.9 Å². The highest BCUT2D eigenvalue weighted by molar-refractivity contribution is 7.12. The van der Waals surface area contributed by atoms with E-state index in [9.17, 15) is 14.4 Å². The first-order valence-electron chi connectivity index (χ1n) is 14.6. The van der Waals surface area contributed by atoms with Crippen LogP contribution in [0.3, 0.4) is 0 Å². The number of carbonyl (C=O) groups is 2. The van der Waals surface area contributed by atoms with Crippen molar-refractivity contribution in [1.82, 2.24) is 24.1 Å². The zero-order valence-electron chi connectivity index (χ0n) is 25.8. The lowest BCUT2D eigenvalue weighted by molar-refractivity contribution is 0.0525. The number of aromatic nitrogens is 3. The van der Waals surface area contributed by atoms with Gasteiger partial charge in [0.05, 0.1) is 17.6 Å². The molecule has 10 heteroatoms. The molecule has 2 amide bonds. The van der Waals surface area contributed by atoms with Crippen LogP contribution in [0.5, 0.6) is 0 Å². The minimum Gasteiger partial charge on any atom is -0.444 e. The first kappa shape index (κ1) is 31.9. The second-order valence-electron chi connectivity index (χ2n) is 12.1. The summed E-state index contributed by atoms with van der Waals surface area (Å²) in [5.74, 6) is 0.590. The van der Waals surface area contributed by atoms with Gasteiger partial charge in [0.15, 0.2) is 4.83 Å². The van der Waals surface area contributed by atoms with Crippen LogP contribution in [0.15, 0.2) is 59.4 Å². The van der Waals surface area contributed by atoms with Crippen molar-refractivity contribution in [2.24, 2.45) is 5.92 Å². The Bertz CT molecular complexity index is 1610. The van der Waals surface area contributed by atoms with E-state index in [1.807, 2.05) is 94.1 Å². The van der Waals surface area contributed by atoms with Crippen LogP contribution in [-0.2, 0) is 17.7 Å². The van der Waals surface area contributed by atoms with E-state index in [-0.39, 0.29) is 17.4 Å². The summed E-state index contributed by atoms with van der Waals surface area (Å²) < 4.78 is 11.5. The number of nitrogens with zero attached hydrogens (tertiary/aromatic N) is 4. The van der Waals surface area contributed by atoms with Crippen LogP contribution in [0.1, 0.15) is 67.1 Å². The molecule has 43 heavy (non-hydrogen) atoms. The average Bonchev–Trinajstić information content (AvgIpc) is 3.32. The van der Waals surface area contributed by atoms with Crippen molar-refractivity contribution in [2.45, 2.75) is 66.5 Å². The van der Waals surface area contributed by atoms with Crippen molar-refractivity contribution in [3.63, 3.8) is 0 Å². The minimum absolute atomic E-state index is 0.00592. The molecule has 1 unspecified atom stereocenters. The number of aryl methyl sites for hydroxylation is 2. The minimum atomic E-state index is -0.580. The molecule has 0 saturated heterocycles. The van der Waals surface area contributed by atoms with E-state index in [4.69, 9.17) is 9.72 Å². The van der Waals surface area contributed by atoms with Gasteiger partial charge in [0, 0.05) is 31.6 Å². The van der Waals surface area contributed by atoms with E-state index in [2.05, 4.69) is 16.6 Å². The van der Waals surface area contributed by atoms with E-state index in [0.29, 0.717) is 66.3 Å². The SMILES string of the molecule is Cc1ccc(C(=O)N(CCCNC(=O)OC(C)(C)C)CC(C)Cc2nc3snc(C)c3c(=O)n2Cc2ccccc2)cc1. The number of alkyl carbamates (subject to hydrolysis) is 1. The van der Waals surface area contributed by atoms with Gasteiger partial charge in [-0.05, 0) is 76.2 Å². The predicted octanol–water partition coefficient (Wildman–Crippen LogP) is 5.75. The van der Waals surface area contributed by atoms with Crippen LogP contribution >= 0.6 is 11.5 Å². The number of ether oxygens (including phenoxy) is 1. The molecule has 0 radical (unpaired) electrons. The van der Waals surface area contributed by atoms with Gasteiger partial charge < -0.3 is 15.0 Å². The van der Waals surface area contributed by atoms with E-state index in [0.717, 1.165) is 11.1 Å². The number of benzene rings is 2. The van der Waals surface area contributed by atoms with Gasteiger partial charge in [0.1, 0.15) is 11.4 Å². The van der Waals surface area contributed by atoms with Crippen LogP contribution in [-0.4, -0.2) is 56.1 Å². The van der Waals surface area contributed by atoms with Crippen molar-refractivity contribution >= 4 is 33.7 Å². The van der Waals surface area contributed by atoms with Crippen LogP contribution in [0, 0.1) is 19.8 Å². The smallest absolute Gasteiger partial charge is 0.407 e. The fourth-order valence-corrected chi connectivity index (χ4v) is 5.66. The zero-order chi connectivity index (χ0) is 31.1. The zero-order valence-corrected chi connectivity index (χ0v) is 26.7. The Hall–Kier alpha value is -4.05. The summed E-state index contributed by atoms with van der Waals surface area (Å²) in [6.07, 6.45) is 0.587. The van der Waals surface area contributed by atoms with E-state index >= 15 is 0 Å². The standard InChI is InChI=1S/C33H41N5O4S/c1-22-13-15-26(16-14-22)30(39)37(18-10-17-34-32(41)42-33(4,5)6)20-23(2)19-27-35-29-28(24(3)36-43-29)31(40)38(27)21-25-11-8-7-9-12-25/h7-9,11-16,23H,10,17-21H2,1-6H3,(H,34,41). The maximum atomic E-state index is 13.7. The molecule has 0 spiro atoms. The molecule has 1 atom stereocenters. The van der Waals surface area contributed by atoms with Crippen molar-refractivity contribution in [2.75, 3.05) is 19.6 Å². The Labute approximate surface area is 257 Å². The summed E-state index contributed by atoms with van der Waals surface area (Å²) in [4.78, 5) is 46.7. The Morgan fingerprint density at radius 2 is 1.77 bits per heavy atom. The van der Waals surface area contributed by atoms with Gasteiger partial charge in [-0.15, -0.1) is 0 Å². The van der Waals surface area contributed by atoms with E-state index < -0.39 is 11.7 Å². The largest absolute Gasteiger partial charge is 0.444 e. The topological polar surface area (TPSA) is 106 Å². The summed E-state index contributed by atoms with van der Waals surface area (Å²) in [6.45, 7) is 13.0.